The van der Waals surface area contributed by atoms with E-state index < -0.39 is 38.8 Å². The van der Waals surface area contributed by atoms with Crippen molar-refractivity contribution in [2.45, 2.75) is 70.2 Å². The van der Waals surface area contributed by atoms with Gasteiger partial charge in [0.1, 0.15) is 38.6 Å². The quantitative estimate of drug-likeness (QED) is 0.260. The lowest BCUT2D eigenvalue weighted by Crippen LogP contribution is -2.61. The van der Waals surface area contributed by atoms with Gasteiger partial charge in [0.2, 0.25) is 6.29 Å². The van der Waals surface area contributed by atoms with E-state index in [0.29, 0.717) is 19.8 Å². The zero-order valence-electron chi connectivity index (χ0n) is 22.9. The van der Waals surface area contributed by atoms with Crippen molar-refractivity contribution in [3.63, 3.8) is 0 Å². The number of hydrogen-bond donors (Lipinski definition) is 1. The van der Waals surface area contributed by atoms with Crippen LogP contribution in [0.1, 0.15) is 16.7 Å². The van der Waals surface area contributed by atoms with Crippen molar-refractivity contribution in [2.75, 3.05) is 6.61 Å². The molecule has 0 unspecified atom stereocenters. The summed E-state index contributed by atoms with van der Waals surface area (Å²) in [4.78, 5) is 0. The highest BCUT2D eigenvalue weighted by Crippen LogP contribution is 2.31. The summed E-state index contributed by atoms with van der Waals surface area (Å²) in [6, 6.07) is 29.8. The summed E-state index contributed by atoms with van der Waals surface area (Å²) < 4.78 is 31.6. The number of aliphatic hydroxyl groups is 1. The second-order valence-electron chi connectivity index (χ2n) is 10.6. The summed E-state index contributed by atoms with van der Waals surface area (Å²) in [7, 11) is -1.69. The van der Waals surface area contributed by atoms with Crippen LogP contribution in [0.3, 0.4) is 0 Å². The van der Waals surface area contributed by atoms with Gasteiger partial charge in [-0.3, -0.25) is 0 Å². The van der Waals surface area contributed by atoms with E-state index in [9.17, 15) is 5.11 Å². The molecule has 1 fully saturated rings. The molecule has 1 aliphatic rings. The van der Waals surface area contributed by atoms with Crippen LogP contribution in [0.4, 0.5) is 0 Å². The first-order valence-corrected chi connectivity index (χ1v) is 16.8. The smallest absolute Gasteiger partial charge is 0.239 e. The van der Waals surface area contributed by atoms with E-state index in [1.54, 1.807) is 0 Å². The molecule has 3 aromatic carbocycles. The standard InChI is InChI=1S/C32H38O6Si/c1-39(2,3)20-19-34-32-31(37-24-27-17-11-6-12-18-27)30(36-23-26-15-9-5-10-16-26)29(28(21-33)38-32)35-22-25-13-7-4-8-14-25/h4-18,28-33H,21-24H2,1-3H3/t28-,29+,30+,31-,32+/m1/s1. The molecule has 0 spiro atoms. The summed E-state index contributed by atoms with van der Waals surface area (Å²) in [5.74, 6) is 0. The molecule has 6 nitrogen and oxygen atoms in total. The maximum atomic E-state index is 10.3. The second-order valence-corrected chi connectivity index (χ2v) is 15.4. The van der Waals surface area contributed by atoms with E-state index in [4.69, 9.17) is 23.7 Å². The fourth-order valence-corrected chi connectivity index (χ4v) is 4.59. The third-order valence-electron chi connectivity index (χ3n) is 6.23. The molecule has 1 N–H and O–H groups in total. The van der Waals surface area contributed by atoms with Crippen molar-refractivity contribution in [3.05, 3.63) is 108 Å². The van der Waals surface area contributed by atoms with Crippen molar-refractivity contribution in [1.82, 2.24) is 0 Å². The molecule has 206 valence electrons. The maximum absolute atomic E-state index is 10.3. The molecular formula is C32H38O6Si. The fourth-order valence-electron chi connectivity index (χ4n) is 4.23. The SMILES string of the molecule is C[Si](C)(C)C#CO[C@H]1O[C@H](CO)[C@H](OCc2ccccc2)[C@H](OCc2ccccc2)[C@H]1OCc1ccccc1. The molecule has 5 atom stereocenters. The minimum Gasteiger partial charge on any atom is -0.412 e. The van der Waals surface area contributed by atoms with E-state index >= 15 is 0 Å². The highest BCUT2D eigenvalue weighted by molar-refractivity contribution is 6.83. The zero-order valence-corrected chi connectivity index (χ0v) is 23.9. The van der Waals surface area contributed by atoms with Crippen LogP contribution in [0.2, 0.25) is 19.6 Å². The molecule has 0 saturated carbocycles. The Labute approximate surface area is 232 Å². The Morgan fingerprint density at radius 3 is 1.54 bits per heavy atom. The Kier molecular flexibility index (Phi) is 10.7. The number of ether oxygens (including phenoxy) is 5. The molecule has 0 aromatic heterocycles. The van der Waals surface area contributed by atoms with Crippen LogP contribution >= 0.6 is 0 Å². The van der Waals surface area contributed by atoms with E-state index in [2.05, 4.69) is 31.3 Å². The van der Waals surface area contributed by atoms with Crippen LogP contribution in [-0.4, -0.2) is 50.5 Å². The van der Waals surface area contributed by atoms with Crippen molar-refractivity contribution < 1.29 is 28.8 Å². The average molecular weight is 547 g/mol. The lowest BCUT2D eigenvalue weighted by molar-refractivity contribution is -0.313. The van der Waals surface area contributed by atoms with Gasteiger partial charge >= 0.3 is 0 Å². The summed E-state index contributed by atoms with van der Waals surface area (Å²) >= 11 is 0. The number of hydrogen-bond acceptors (Lipinski definition) is 6. The van der Waals surface area contributed by atoms with E-state index in [1.165, 1.54) is 0 Å². The molecule has 0 bridgehead atoms. The lowest BCUT2D eigenvalue weighted by Gasteiger charge is -2.44. The third-order valence-corrected chi connectivity index (χ3v) is 7.08. The highest BCUT2D eigenvalue weighted by atomic mass is 28.3. The molecule has 7 heteroatoms. The largest absolute Gasteiger partial charge is 0.412 e. The average Bonchev–Trinajstić information content (AvgIpc) is 2.95. The van der Waals surface area contributed by atoms with E-state index in [0.717, 1.165) is 16.7 Å². The van der Waals surface area contributed by atoms with E-state index in [1.807, 2.05) is 91.0 Å². The summed E-state index contributed by atoms with van der Waals surface area (Å²) in [5.41, 5.74) is 6.26. The Balaban J connectivity index is 1.62. The molecule has 0 radical (unpaired) electrons. The number of aliphatic hydroxyl groups excluding tert-OH is 1. The van der Waals surface area contributed by atoms with Crippen LogP contribution < -0.4 is 0 Å². The lowest BCUT2D eigenvalue weighted by atomic mass is 9.98. The van der Waals surface area contributed by atoms with Crippen molar-refractivity contribution >= 4 is 8.07 Å². The molecule has 1 saturated heterocycles. The van der Waals surface area contributed by atoms with Crippen LogP contribution in [0, 0.1) is 11.7 Å². The Morgan fingerprint density at radius 1 is 0.667 bits per heavy atom. The Morgan fingerprint density at radius 2 is 1.10 bits per heavy atom. The second kappa shape index (κ2) is 14.4. The first-order chi connectivity index (χ1) is 18.9. The molecular weight excluding hydrogens is 508 g/mol. The topological polar surface area (TPSA) is 66.4 Å². The monoisotopic (exact) mass is 546 g/mol. The summed E-state index contributed by atoms with van der Waals surface area (Å²) in [5, 5.41) is 10.3. The summed E-state index contributed by atoms with van der Waals surface area (Å²) in [6.07, 6.45) is -0.556. The Hall–Kier alpha value is -2.96. The van der Waals surface area contributed by atoms with Gasteiger partial charge in [-0.2, -0.15) is 0 Å². The van der Waals surface area contributed by atoms with E-state index in [-0.39, 0.29) is 6.61 Å². The number of rotatable bonds is 11. The van der Waals surface area contributed by atoms with Gasteiger partial charge in [0, 0.05) is 0 Å². The van der Waals surface area contributed by atoms with Gasteiger partial charge in [-0.25, -0.2) is 0 Å². The molecule has 0 amide bonds. The van der Waals surface area contributed by atoms with Gasteiger partial charge < -0.3 is 28.8 Å². The van der Waals surface area contributed by atoms with Gasteiger partial charge in [-0.05, 0) is 16.7 Å². The van der Waals surface area contributed by atoms with Crippen LogP contribution in [-0.2, 0) is 43.5 Å². The summed E-state index contributed by atoms with van der Waals surface area (Å²) in [6.45, 7) is 7.17. The predicted octanol–water partition coefficient (Wildman–Crippen LogP) is 5.31. The minimum atomic E-state index is -1.69. The van der Waals surface area contributed by atoms with Gasteiger partial charge in [-0.15, -0.1) is 0 Å². The van der Waals surface area contributed by atoms with Crippen LogP contribution in [0.25, 0.3) is 0 Å². The van der Waals surface area contributed by atoms with Crippen LogP contribution in [0.15, 0.2) is 91.0 Å². The molecule has 1 heterocycles. The molecule has 1 aliphatic heterocycles. The van der Waals surface area contributed by atoms with Crippen molar-refractivity contribution in [2.24, 2.45) is 0 Å². The Bertz CT molecular complexity index is 1170. The van der Waals surface area contributed by atoms with Crippen molar-refractivity contribution in [1.29, 1.82) is 0 Å². The molecule has 39 heavy (non-hydrogen) atoms. The van der Waals surface area contributed by atoms with Crippen molar-refractivity contribution in [3.8, 4) is 11.7 Å². The minimum absolute atomic E-state index is 0.266. The predicted molar refractivity (Wildman–Crippen MR) is 153 cm³/mol. The normalized spacial score (nSPS) is 23.0. The molecule has 0 aliphatic carbocycles. The van der Waals surface area contributed by atoms with Gasteiger partial charge in [-0.1, -0.05) is 116 Å². The van der Waals surface area contributed by atoms with Gasteiger partial charge in [0.05, 0.1) is 26.4 Å². The third kappa shape index (κ3) is 9.04. The molecule has 3 aromatic rings. The van der Waals surface area contributed by atoms with Crippen LogP contribution in [0.5, 0.6) is 0 Å². The first kappa shape index (κ1) is 29.0. The van der Waals surface area contributed by atoms with Gasteiger partial charge in [0.25, 0.3) is 0 Å². The first-order valence-electron chi connectivity index (χ1n) is 13.3. The molecule has 4 rings (SSSR count). The maximum Gasteiger partial charge on any atom is 0.239 e. The highest BCUT2D eigenvalue weighted by Gasteiger charge is 2.49. The number of benzene rings is 3. The zero-order chi connectivity index (χ0) is 27.5. The van der Waals surface area contributed by atoms with Gasteiger partial charge in [0.15, 0.2) is 0 Å². The fraction of sp³-hybridized carbons (Fsp3) is 0.375.